The second kappa shape index (κ2) is 26.9. The van der Waals surface area contributed by atoms with Gasteiger partial charge in [-0.15, -0.1) is 44.0 Å². The molecule has 7 N–H and O–H groups in total. The molecule has 84 heavy (non-hydrogen) atoms. The molecule has 2 heterocycles. The number of amides is 1. The third-order valence-electron chi connectivity index (χ3n) is 12.0. The van der Waals surface area contributed by atoms with Gasteiger partial charge in [-0.3, -0.25) is 27.4 Å². The van der Waals surface area contributed by atoms with Crippen LogP contribution in [0.4, 0.5) is 45.5 Å². The second-order valence-electron chi connectivity index (χ2n) is 18.3. The molecule has 0 atom stereocenters. The number of rotatable bonds is 26. The maximum Gasteiger partial charge on any atom is 0.298 e. The van der Waals surface area contributed by atoms with Crippen LogP contribution >= 0.6 is 35.1 Å². The summed E-state index contributed by atoms with van der Waals surface area (Å²) in [4.78, 5) is 17.7. The smallest absolute Gasteiger partial charge is 0.298 e. The Balaban J connectivity index is 1.27. The summed E-state index contributed by atoms with van der Waals surface area (Å²) in [7, 11) is -16.6. The molecule has 1 amide bonds. The van der Waals surface area contributed by atoms with E-state index in [4.69, 9.17) is 26.8 Å². The largest absolute Gasteiger partial charge is 0.495 e. The van der Waals surface area contributed by atoms with Crippen molar-refractivity contribution in [2.75, 3.05) is 42.5 Å². The second-order valence-corrected chi connectivity index (χ2v) is 27.2. The number of nitrogens with zero attached hydrogens (tertiary/aromatic N) is 10. The number of thioether (sulfide) groups is 2. The molecule has 0 unspecified atom stereocenters. The summed E-state index contributed by atoms with van der Waals surface area (Å²) < 4.78 is 144. The Labute approximate surface area is 495 Å². The van der Waals surface area contributed by atoms with E-state index in [-0.39, 0.29) is 99.4 Å². The molecule has 0 radical (unpaired) electrons. The molecule has 0 aliphatic heterocycles. The standard InChI is InChI=1S/C50H52ClN11O16S6/c1-27-19-37(58-61-47-30(4)46(48(52)63)49-53-36-25-45(84(74,75)76)42(77-5)26-40(36)62(49)50(47)64)41(78-13-6-16-81(65,66)67)22-33(27)56-59-38-21-29(3)35(24-44(38)80-15-8-18-83(71,72)73)57-60-39-20-28(2)34(55-54-32-11-9-31(51)10-12-32)23-43(39)79-14-7-17-82(68,69)70/h9-12,19-26,64H,6-8,13-18H2,1-5H3,(H2,52,63)(H,65,66,67)(H,68,69,70)(H,71,72,73)(H,74,75,76). The number of halogens is 1. The number of ether oxygens (including phenoxy) is 2. The average molecular weight is 1290 g/mol. The van der Waals surface area contributed by atoms with E-state index in [1.165, 1.54) is 42.6 Å². The number of nitrogens with two attached hydrogens (primary N) is 1. The fourth-order valence-corrected chi connectivity index (χ4v) is 12.5. The average Bonchev–Trinajstić information content (AvgIpc) is 1.90. The van der Waals surface area contributed by atoms with E-state index >= 15 is 0 Å². The molecular weight excluding hydrogens is 1240 g/mol. The van der Waals surface area contributed by atoms with Crippen molar-refractivity contribution < 1.29 is 71.3 Å². The number of carbonyl (C=O) groups is 1. The fraction of sp³-hybridized carbons (Fsp3) is 0.280. The van der Waals surface area contributed by atoms with E-state index < -0.39 is 74.4 Å². The van der Waals surface area contributed by atoms with E-state index in [2.05, 4.69) is 45.9 Å². The van der Waals surface area contributed by atoms with E-state index in [0.29, 0.717) is 54.3 Å². The first-order valence-corrected chi connectivity index (χ1v) is 33.1. The number of aromatic nitrogens is 2. The van der Waals surface area contributed by atoms with E-state index in [0.717, 1.165) is 23.6 Å². The van der Waals surface area contributed by atoms with Crippen LogP contribution < -0.4 is 15.2 Å². The van der Waals surface area contributed by atoms with Gasteiger partial charge in [-0.2, -0.15) is 54.1 Å². The molecule has 34 heteroatoms. The fourth-order valence-electron chi connectivity index (χ4n) is 7.90. The molecule has 27 nitrogen and oxygen atoms in total. The van der Waals surface area contributed by atoms with Crippen LogP contribution in [0.5, 0.6) is 17.4 Å². The zero-order valence-electron chi connectivity index (χ0n) is 44.9. The van der Waals surface area contributed by atoms with Crippen LogP contribution in [0.25, 0.3) is 16.7 Å². The van der Waals surface area contributed by atoms with E-state index in [1.807, 2.05) is 0 Å². The number of imidazole rings is 1. The zero-order chi connectivity index (χ0) is 61.5. The van der Waals surface area contributed by atoms with Gasteiger partial charge in [-0.25, -0.2) is 4.98 Å². The van der Waals surface area contributed by atoms with Crippen molar-refractivity contribution >= 4 is 144 Å². The first kappa shape index (κ1) is 64.5. The van der Waals surface area contributed by atoms with Crippen molar-refractivity contribution in [3.8, 4) is 17.4 Å². The van der Waals surface area contributed by atoms with Gasteiger partial charge < -0.3 is 20.3 Å². The number of hydrogen-bond acceptors (Lipinski definition) is 23. The summed E-state index contributed by atoms with van der Waals surface area (Å²) in [5.74, 6) is -3.23. The van der Waals surface area contributed by atoms with Crippen molar-refractivity contribution in [3.05, 3.63) is 106 Å². The highest BCUT2D eigenvalue weighted by Crippen LogP contribution is 2.44. The highest BCUT2D eigenvalue weighted by Gasteiger charge is 2.27. The van der Waals surface area contributed by atoms with Crippen LogP contribution in [0.3, 0.4) is 0 Å². The molecule has 446 valence electrons. The highest BCUT2D eigenvalue weighted by molar-refractivity contribution is 7.99. The first-order valence-electron chi connectivity index (χ1n) is 24.5. The number of azo groups is 4. The van der Waals surface area contributed by atoms with Gasteiger partial charge in [0.05, 0.1) is 81.7 Å². The van der Waals surface area contributed by atoms with Crippen molar-refractivity contribution in [3.63, 3.8) is 0 Å². The number of methoxy groups -OCH3 is 1. The molecule has 0 bridgehead atoms. The number of benzene rings is 5. The Morgan fingerprint density at radius 3 is 1.60 bits per heavy atom. The molecule has 0 saturated heterocycles. The van der Waals surface area contributed by atoms with Gasteiger partial charge in [0.1, 0.15) is 27.8 Å². The number of pyridine rings is 1. The van der Waals surface area contributed by atoms with Crippen molar-refractivity contribution in [1.82, 2.24) is 9.38 Å². The summed E-state index contributed by atoms with van der Waals surface area (Å²) in [6, 6.07) is 18.5. The minimum atomic E-state index is -4.83. The van der Waals surface area contributed by atoms with Crippen LogP contribution in [0.15, 0.2) is 128 Å². The monoisotopic (exact) mass is 1290 g/mol. The summed E-state index contributed by atoms with van der Waals surface area (Å²) >= 11 is 8.47. The number of carbonyl (C=O) groups excluding carboxylic acids is 1. The summed E-state index contributed by atoms with van der Waals surface area (Å²) in [5.41, 5.74) is 8.86. The quantitative estimate of drug-likeness (QED) is 0.0127. The minimum absolute atomic E-state index is 0.00484. The first-order chi connectivity index (χ1) is 39.4. The minimum Gasteiger partial charge on any atom is -0.495 e. The van der Waals surface area contributed by atoms with Crippen LogP contribution in [0.1, 0.15) is 51.9 Å². The third kappa shape index (κ3) is 17.1. The molecule has 5 aromatic carbocycles. The van der Waals surface area contributed by atoms with Gasteiger partial charge in [0, 0.05) is 26.9 Å². The van der Waals surface area contributed by atoms with Crippen LogP contribution in [0.2, 0.25) is 5.02 Å². The Morgan fingerprint density at radius 2 is 1.10 bits per heavy atom. The van der Waals surface area contributed by atoms with Crippen molar-refractivity contribution in [1.29, 1.82) is 0 Å². The Morgan fingerprint density at radius 1 is 0.619 bits per heavy atom. The van der Waals surface area contributed by atoms with Gasteiger partial charge >= 0.3 is 0 Å². The van der Waals surface area contributed by atoms with Crippen molar-refractivity contribution in [2.45, 2.75) is 61.6 Å². The molecule has 0 fully saturated rings. The predicted octanol–water partition coefficient (Wildman–Crippen LogP) is 12.5. The lowest BCUT2D eigenvalue weighted by atomic mass is 10.1. The topological polar surface area (TPSA) is 415 Å². The lowest BCUT2D eigenvalue weighted by Crippen LogP contribution is -2.15. The van der Waals surface area contributed by atoms with Gasteiger partial charge in [-0.1, -0.05) is 11.6 Å². The molecule has 7 aromatic rings. The lowest BCUT2D eigenvalue weighted by molar-refractivity contribution is 0.100. The highest BCUT2D eigenvalue weighted by atomic mass is 35.5. The Kier molecular flexibility index (Phi) is 20.7. The number of aryl methyl sites for hydroxylation is 3. The third-order valence-corrected chi connectivity index (χ3v) is 17.8. The van der Waals surface area contributed by atoms with Crippen LogP contribution in [-0.4, -0.2) is 115 Å². The van der Waals surface area contributed by atoms with Crippen LogP contribution in [-0.2, 0) is 40.5 Å². The van der Waals surface area contributed by atoms with Crippen LogP contribution in [0, 0.1) is 27.7 Å². The predicted molar refractivity (Wildman–Crippen MR) is 316 cm³/mol. The van der Waals surface area contributed by atoms with Gasteiger partial charge in [0.2, 0.25) is 5.88 Å². The molecule has 0 spiro atoms. The molecule has 0 aliphatic rings. The molecule has 0 aliphatic carbocycles. The molecule has 0 saturated carbocycles. The Bertz CT molecular complexity index is 4320. The number of hydrogen-bond donors (Lipinski definition) is 6. The van der Waals surface area contributed by atoms with E-state index in [9.17, 15) is 61.8 Å². The lowest BCUT2D eigenvalue weighted by Gasteiger charge is -2.13. The van der Waals surface area contributed by atoms with Gasteiger partial charge in [-0.05, 0) is 141 Å². The van der Waals surface area contributed by atoms with Crippen molar-refractivity contribution in [2.24, 2.45) is 46.6 Å². The number of aromatic hydroxyl groups is 1. The number of primary amides is 1. The SMILES string of the molecule is COc1cc2c(cc1S(=O)(=O)O)nc1c(C(N)=O)c(C)c(N=Nc3cc(C)c(N=Nc4cc(C)c(N=Nc5cc(C)c(N=Nc6ccc(Cl)cc6)cc5SCCCS(=O)(=O)O)cc4SCCCS(=O)(=O)O)cc3OCCCS(=O)(=O)O)c(O)n12. The van der Waals surface area contributed by atoms with Gasteiger partial charge in [0.15, 0.2) is 5.65 Å². The maximum atomic E-state index is 13.0. The number of fused-ring (bicyclic) bond motifs is 3. The normalized spacial score (nSPS) is 12.8. The van der Waals surface area contributed by atoms with Gasteiger partial charge in [0.25, 0.3) is 46.4 Å². The maximum absolute atomic E-state index is 13.0. The Hall–Kier alpha value is -7.05. The molecule has 2 aromatic heterocycles. The zero-order valence-corrected chi connectivity index (χ0v) is 50.6. The molecule has 7 rings (SSSR count). The summed E-state index contributed by atoms with van der Waals surface area (Å²) in [5, 5.41) is 47.9. The van der Waals surface area contributed by atoms with E-state index in [1.54, 1.807) is 69.3 Å². The summed E-state index contributed by atoms with van der Waals surface area (Å²) in [6.45, 7) is 6.27. The summed E-state index contributed by atoms with van der Waals surface area (Å²) in [6.07, 6.45) is -0.0311. The molecular formula is C50H52ClN11O16S6.